The first-order chi connectivity index (χ1) is 11.2. The smallest absolute Gasteiger partial charge is 0.237 e. The van der Waals surface area contributed by atoms with Crippen LogP contribution in [0.15, 0.2) is 41.0 Å². The van der Waals surface area contributed by atoms with Crippen molar-refractivity contribution in [2.24, 2.45) is 0 Å². The van der Waals surface area contributed by atoms with E-state index in [1.807, 2.05) is 31.2 Å². The Morgan fingerprint density at radius 1 is 1.17 bits per heavy atom. The molecule has 2 heterocycles. The van der Waals surface area contributed by atoms with Gasteiger partial charge in [0.15, 0.2) is 11.5 Å². The third-order valence-electron chi connectivity index (χ3n) is 3.63. The van der Waals surface area contributed by atoms with Gasteiger partial charge >= 0.3 is 0 Å². The minimum atomic E-state index is -0.307. The number of hydrogen-bond donors (Lipinski definition) is 2. The maximum Gasteiger partial charge on any atom is 0.237 e. The van der Waals surface area contributed by atoms with Crippen molar-refractivity contribution in [3.8, 4) is 11.5 Å². The van der Waals surface area contributed by atoms with E-state index in [1.54, 1.807) is 12.3 Å². The zero-order chi connectivity index (χ0) is 16.1. The Balaban J connectivity index is 1.48. The van der Waals surface area contributed by atoms with Crippen molar-refractivity contribution in [3.63, 3.8) is 0 Å². The average Bonchev–Trinajstić information content (AvgIpc) is 3.10. The second-order valence-electron chi connectivity index (χ2n) is 5.38. The molecule has 1 aromatic carbocycles. The number of carbonyl (C=O) groups excluding carboxylic acids is 1. The number of carbonyl (C=O) groups is 1. The molecule has 0 saturated carbocycles. The summed E-state index contributed by atoms with van der Waals surface area (Å²) < 4.78 is 16.2. The highest BCUT2D eigenvalue weighted by molar-refractivity contribution is 5.81. The molecule has 0 saturated heterocycles. The van der Waals surface area contributed by atoms with E-state index in [0.717, 1.165) is 22.8 Å². The van der Waals surface area contributed by atoms with E-state index < -0.39 is 0 Å². The molecule has 0 radical (unpaired) electrons. The Hall–Kier alpha value is -2.47. The molecule has 2 N–H and O–H groups in total. The van der Waals surface area contributed by atoms with Gasteiger partial charge in [0, 0.05) is 6.54 Å². The van der Waals surface area contributed by atoms with Gasteiger partial charge in [0.2, 0.25) is 5.91 Å². The van der Waals surface area contributed by atoms with Crippen LogP contribution in [0.2, 0.25) is 0 Å². The van der Waals surface area contributed by atoms with Gasteiger partial charge in [0.05, 0.1) is 18.8 Å². The summed E-state index contributed by atoms with van der Waals surface area (Å²) in [5.41, 5.74) is 1.04. The minimum absolute atomic E-state index is 0.0704. The van der Waals surface area contributed by atoms with Crippen LogP contribution >= 0.6 is 0 Å². The number of fused-ring (bicyclic) bond motifs is 1. The van der Waals surface area contributed by atoms with E-state index in [1.165, 1.54) is 0 Å². The SMILES string of the molecule is CC(NCc1ccc2c(c1)OCCO2)C(=O)NCc1ccco1. The van der Waals surface area contributed by atoms with Crippen molar-refractivity contribution in [3.05, 3.63) is 47.9 Å². The van der Waals surface area contributed by atoms with Gasteiger partial charge in [-0.3, -0.25) is 4.79 Å². The molecule has 1 amide bonds. The number of nitrogens with one attached hydrogen (secondary N) is 2. The van der Waals surface area contributed by atoms with Gasteiger partial charge in [-0.25, -0.2) is 0 Å². The molecule has 1 aliphatic rings. The summed E-state index contributed by atoms with van der Waals surface area (Å²) in [5.74, 6) is 2.19. The van der Waals surface area contributed by atoms with Crippen molar-refractivity contribution in [1.82, 2.24) is 10.6 Å². The highest BCUT2D eigenvalue weighted by Crippen LogP contribution is 2.30. The third-order valence-corrected chi connectivity index (χ3v) is 3.63. The molecule has 0 aliphatic carbocycles. The molecule has 23 heavy (non-hydrogen) atoms. The second kappa shape index (κ2) is 7.19. The largest absolute Gasteiger partial charge is 0.486 e. The van der Waals surface area contributed by atoms with Crippen LogP contribution in [0.4, 0.5) is 0 Å². The monoisotopic (exact) mass is 316 g/mol. The molecule has 0 fully saturated rings. The lowest BCUT2D eigenvalue weighted by Crippen LogP contribution is -2.41. The number of hydrogen-bond acceptors (Lipinski definition) is 5. The first-order valence-electron chi connectivity index (χ1n) is 7.64. The lowest BCUT2D eigenvalue weighted by atomic mass is 10.2. The zero-order valence-electron chi connectivity index (χ0n) is 13.0. The number of benzene rings is 1. The quantitative estimate of drug-likeness (QED) is 0.851. The van der Waals surface area contributed by atoms with Crippen molar-refractivity contribution >= 4 is 5.91 Å². The van der Waals surface area contributed by atoms with Crippen molar-refractivity contribution in [2.75, 3.05) is 13.2 Å². The van der Waals surface area contributed by atoms with Crippen LogP contribution in [0.25, 0.3) is 0 Å². The number of ether oxygens (including phenoxy) is 2. The van der Waals surface area contributed by atoms with Gasteiger partial charge in [0.25, 0.3) is 0 Å². The van der Waals surface area contributed by atoms with E-state index in [2.05, 4.69) is 10.6 Å². The summed E-state index contributed by atoms with van der Waals surface area (Å²) in [6.45, 7) is 3.94. The summed E-state index contributed by atoms with van der Waals surface area (Å²) in [6.07, 6.45) is 1.59. The van der Waals surface area contributed by atoms with Gasteiger partial charge in [-0.1, -0.05) is 6.07 Å². The standard InChI is InChI=1S/C17H20N2O4/c1-12(17(20)19-11-14-3-2-6-21-14)18-10-13-4-5-15-16(9-13)23-8-7-22-15/h2-6,9,12,18H,7-8,10-11H2,1H3,(H,19,20). The molecular formula is C17H20N2O4. The fourth-order valence-electron chi connectivity index (χ4n) is 2.30. The van der Waals surface area contributed by atoms with Gasteiger partial charge in [-0.05, 0) is 36.8 Å². The second-order valence-corrected chi connectivity index (χ2v) is 5.38. The zero-order valence-corrected chi connectivity index (χ0v) is 13.0. The van der Waals surface area contributed by atoms with Crippen LogP contribution < -0.4 is 20.1 Å². The summed E-state index contributed by atoms with van der Waals surface area (Å²) >= 11 is 0. The molecule has 1 aliphatic heterocycles. The van der Waals surface area contributed by atoms with Crippen LogP contribution in [0.1, 0.15) is 18.2 Å². The molecule has 0 spiro atoms. The van der Waals surface area contributed by atoms with E-state index in [0.29, 0.717) is 26.3 Å². The van der Waals surface area contributed by atoms with E-state index in [-0.39, 0.29) is 11.9 Å². The first kappa shape index (κ1) is 15.4. The molecular weight excluding hydrogens is 296 g/mol. The van der Waals surface area contributed by atoms with Crippen LogP contribution in [-0.4, -0.2) is 25.2 Å². The first-order valence-corrected chi connectivity index (χ1v) is 7.64. The van der Waals surface area contributed by atoms with Crippen LogP contribution in [0.3, 0.4) is 0 Å². The van der Waals surface area contributed by atoms with Gasteiger partial charge in [-0.15, -0.1) is 0 Å². The van der Waals surface area contributed by atoms with Crippen LogP contribution in [0.5, 0.6) is 11.5 Å². The third kappa shape index (κ3) is 4.04. The summed E-state index contributed by atoms with van der Waals surface area (Å²) in [6, 6.07) is 9.12. The summed E-state index contributed by atoms with van der Waals surface area (Å²) in [5, 5.41) is 6.03. The Morgan fingerprint density at radius 2 is 2.00 bits per heavy atom. The molecule has 2 aromatic rings. The average molecular weight is 316 g/mol. The van der Waals surface area contributed by atoms with Gasteiger partial charge in [-0.2, -0.15) is 0 Å². The molecule has 1 atom stereocenters. The highest BCUT2D eigenvalue weighted by Gasteiger charge is 2.14. The summed E-state index contributed by atoms with van der Waals surface area (Å²) in [7, 11) is 0. The Morgan fingerprint density at radius 3 is 2.78 bits per heavy atom. The molecule has 3 rings (SSSR count). The van der Waals surface area contributed by atoms with Crippen molar-refractivity contribution in [1.29, 1.82) is 0 Å². The molecule has 0 bridgehead atoms. The minimum Gasteiger partial charge on any atom is -0.486 e. The topological polar surface area (TPSA) is 72.7 Å². The van der Waals surface area contributed by atoms with Crippen LogP contribution in [-0.2, 0) is 17.9 Å². The molecule has 6 heteroatoms. The molecule has 1 aromatic heterocycles. The van der Waals surface area contributed by atoms with Crippen molar-refractivity contribution < 1.29 is 18.7 Å². The molecule has 6 nitrogen and oxygen atoms in total. The Labute approximate surface area is 134 Å². The lowest BCUT2D eigenvalue weighted by molar-refractivity contribution is -0.123. The predicted octanol–water partition coefficient (Wildman–Crippen LogP) is 1.85. The fourth-order valence-corrected chi connectivity index (χ4v) is 2.30. The number of furan rings is 1. The Bertz CT molecular complexity index is 655. The lowest BCUT2D eigenvalue weighted by Gasteiger charge is -2.19. The van der Waals surface area contributed by atoms with Gasteiger partial charge in [0.1, 0.15) is 19.0 Å². The normalized spacial score (nSPS) is 14.3. The highest BCUT2D eigenvalue weighted by atomic mass is 16.6. The number of amides is 1. The summed E-state index contributed by atoms with van der Waals surface area (Å²) in [4.78, 5) is 12.0. The van der Waals surface area contributed by atoms with E-state index in [9.17, 15) is 4.79 Å². The van der Waals surface area contributed by atoms with Crippen LogP contribution in [0, 0.1) is 0 Å². The fraction of sp³-hybridized carbons (Fsp3) is 0.353. The maximum absolute atomic E-state index is 12.0. The molecule has 122 valence electrons. The van der Waals surface area contributed by atoms with E-state index in [4.69, 9.17) is 13.9 Å². The predicted molar refractivity (Wildman–Crippen MR) is 84.3 cm³/mol. The van der Waals surface area contributed by atoms with E-state index >= 15 is 0 Å². The number of rotatable bonds is 6. The maximum atomic E-state index is 12.0. The van der Waals surface area contributed by atoms with Gasteiger partial charge < -0.3 is 24.5 Å². The Kier molecular flexibility index (Phi) is 4.83. The molecule has 1 unspecified atom stereocenters. The van der Waals surface area contributed by atoms with Crippen molar-refractivity contribution in [2.45, 2.75) is 26.1 Å².